The Morgan fingerprint density at radius 1 is 1.21 bits per heavy atom. The number of anilines is 1. The van der Waals surface area contributed by atoms with Crippen molar-refractivity contribution in [2.75, 3.05) is 11.4 Å². The van der Waals surface area contributed by atoms with Crippen LogP contribution in [0.3, 0.4) is 0 Å². The number of thiazole rings is 1. The largest absolute Gasteiger partial charge is 0.478 e. The van der Waals surface area contributed by atoms with Gasteiger partial charge in [-0.2, -0.15) is 0 Å². The number of carbonyl (C=O) groups is 2. The molecule has 5 rings (SSSR count). The molecule has 2 aliphatic rings. The highest BCUT2D eigenvalue weighted by atomic mass is 32.1. The highest BCUT2D eigenvalue weighted by molar-refractivity contribution is 7.13. The maximum atomic E-state index is 13.1. The highest BCUT2D eigenvalue weighted by Crippen LogP contribution is 2.39. The summed E-state index contributed by atoms with van der Waals surface area (Å²) in [6.07, 6.45) is 5.55. The van der Waals surface area contributed by atoms with E-state index < -0.39 is 6.10 Å². The number of carbonyl (C=O) groups excluding carboxylic acids is 2. The molecule has 1 saturated carbocycles. The molecule has 8 heteroatoms. The summed E-state index contributed by atoms with van der Waals surface area (Å²) in [6.45, 7) is 1.77. The van der Waals surface area contributed by atoms with E-state index in [2.05, 4.69) is 4.98 Å². The Labute approximate surface area is 196 Å². The van der Waals surface area contributed by atoms with Crippen LogP contribution in [0.15, 0.2) is 48.0 Å². The summed E-state index contributed by atoms with van der Waals surface area (Å²) in [6, 6.07) is 11.3. The van der Waals surface area contributed by atoms with E-state index in [0.29, 0.717) is 17.9 Å². The molecular formula is C25H25N3O4S. The van der Waals surface area contributed by atoms with Gasteiger partial charge < -0.3 is 9.47 Å². The average molecular weight is 464 g/mol. The smallest absolute Gasteiger partial charge is 0.326 e. The zero-order valence-electron chi connectivity index (χ0n) is 18.4. The number of esters is 1. The molecule has 1 fully saturated rings. The quantitative estimate of drug-likeness (QED) is 0.486. The molecule has 2 aromatic heterocycles. The third kappa shape index (κ3) is 4.48. The Kier molecular flexibility index (Phi) is 6.09. The maximum Gasteiger partial charge on any atom is 0.326 e. The third-order valence-electron chi connectivity index (χ3n) is 6.00. The van der Waals surface area contributed by atoms with Gasteiger partial charge in [0.2, 0.25) is 0 Å². The van der Waals surface area contributed by atoms with E-state index in [4.69, 9.17) is 14.5 Å². The van der Waals surface area contributed by atoms with Crippen LogP contribution in [0.2, 0.25) is 0 Å². The van der Waals surface area contributed by atoms with Crippen LogP contribution in [-0.4, -0.2) is 40.6 Å². The monoisotopic (exact) mass is 463 g/mol. The van der Waals surface area contributed by atoms with Gasteiger partial charge in [-0.1, -0.05) is 13.0 Å². The SMILES string of the molecule is CCC1Oc2ccc(-c3csc(-c4ccccn4)n3)cc2N(CC(=O)OC2CCCC2)C1=O. The van der Waals surface area contributed by atoms with Crippen LogP contribution in [0.1, 0.15) is 39.0 Å². The molecule has 3 heterocycles. The lowest BCUT2D eigenvalue weighted by Gasteiger charge is -2.34. The van der Waals surface area contributed by atoms with Crippen LogP contribution in [0.5, 0.6) is 5.75 Å². The fourth-order valence-corrected chi connectivity index (χ4v) is 5.08. The zero-order valence-corrected chi connectivity index (χ0v) is 19.2. The summed E-state index contributed by atoms with van der Waals surface area (Å²) in [4.78, 5) is 36.3. The lowest BCUT2D eigenvalue weighted by molar-refractivity contribution is -0.148. The van der Waals surface area contributed by atoms with E-state index in [1.807, 2.05) is 48.7 Å². The van der Waals surface area contributed by atoms with Gasteiger partial charge in [-0.25, -0.2) is 4.98 Å². The second-order valence-corrected chi connectivity index (χ2v) is 9.13. The number of fused-ring (bicyclic) bond motifs is 1. The lowest BCUT2D eigenvalue weighted by atomic mass is 10.1. The van der Waals surface area contributed by atoms with Crippen LogP contribution >= 0.6 is 11.3 Å². The van der Waals surface area contributed by atoms with Crippen molar-refractivity contribution in [2.45, 2.75) is 51.2 Å². The number of hydrogen-bond acceptors (Lipinski definition) is 7. The van der Waals surface area contributed by atoms with Gasteiger partial charge in [-0.3, -0.25) is 19.5 Å². The molecule has 0 saturated heterocycles. The lowest BCUT2D eigenvalue weighted by Crippen LogP contribution is -2.48. The molecule has 170 valence electrons. The summed E-state index contributed by atoms with van der Waals surface area (Å²) < 4.78 is 11.6. The maximum absolute atomic E-state index is 13.1. The Bertz CT molecular complexity index is 1160. The number of hydrogen-bond donors (Lipinski definition) is 0. The van der Waals surface area contributed by atoms with Gasteiger partial charge in [-0.05, 0) is 62.4 Å². The van der Waals surface area contributed by atoms with Crippen molar-refractivity contribution in [3.63, 3.8) is 0 Å². The molecule has 1 aliphatic carbocycles. The number of nitrogens with zero attached hydrogens (tertiary/aromatic N) is 3. The molecule has 1 aromatic carbocycles. The first-order valence-electron chi connectivity index (χ1n) is 11.3. The fourth-order valence-electron chi connectivity index (χ4n) is 4.28. The summed E-state index contributed by atoms with van der Waals surface area (Å²) in [5.74, 6) is -0.0218. The van der Waals surface area contributed by atoms with Crippen LogP contribution < -0.4 is 9.64 Å². The van der Waals surface area contributed by atoms with Gasteiger partial charge in [0.15, 0.2) is 6.10 Å². The standard InChI is InChI=1S/C25H25N3O4S/c1-2-21-25(30)28(14-23(29)31-17-7-3-4-8-17)20-13-16(10-11-22(20)32-21)19-15-33-24(27-19)18-9-5-6-12-26-18/h5-6,9-13,15,17,21H,2-4,7-8,14H2,1H3. The van der Waals surface area contributed by atoms with Crippen LogP contribution in [0.25, 0.3) is 22.0 Å². The summed E-state index contributed by atoms with van der Waals surface area (Å²) in [5.41, 5.74) is 3.00. The van der Waals surface area contributed by atoms with E-state index in [0.717, 1.165) is 47.6 Å². The molecule has 0 bridgehead atoms. The minimum Gasteiger partial charge on any atom is -0.478 e. The van der Waals surface area contributed by atoms with E-state index >= 15 is 0 Å². The van der Waals surface area contributed by atoms with Crippen molar-refractivity contribution in [1.82, 2.24) is 9.97 Å². The second-order valence-electron chi connectivity index (χ2n) is 8.27. The first kappa shape index (κ1) is 21.6. The molecule has 3 aromatic rings. The molecule has 1 amide bonds. The minimum absolute atomic E-state index is 0.0403. The number of benzene rings is 1. The van der Waals surface area contributed by atoms with Crippen LogP contribution in [0.4, 0.5) is 5.69 Å². The Hall–Kier alpha value is -3.26. The molecule has 33 heavy (non-hydrogen) atoms. The third-order valence-corrected chi connectivity index (χ3v) is 6.87. The van der Waals surface area contributed by atoms with Crippen molar-refractivity contribution < 1.29 is 19.1 Å². The molecule has 0 radical (unpaired) electrons. The van der Waals surface area contributed by atoms with Gasteiger partial charge in [-0.15, -0.1) is 11.3 Å². The van der Waals surface area contributed by atoms with Crippen molar-refractivity contribution >= 4 is 28.9 Å². The van der Waals surface area contributed by atoms with Gasteiger partial charge in [0.05, 0.1) is 17.1 Å². The molecule has 0 N–H and O–H groups in total. The van der Waals surface area contributed by atoms with Gasteiger partial charge >= 0.3 is 5.97 Å². The zero-order chi connectivity index (χ0) is 22.8. The predicted octanol–water partition coefficient (Wildman–Crippen LogP) is 4.86. The van der Waals surface area contributed by atoms with Gasteiger partial charge in [0.25, 0.3) is 5.91 Å². The van der Waals surface area contributed by atoms with E-state index in [1.165, 1.54) is 16.2 Å². The highest BCUT2D eigenvalue weighted by Gasteiger charge is 2.35. The Morgan fingerprint density at radius 3 is 2.82 bits per heavy atom. The predicted molar refractivity (Wildman–Crippen MR) is 126 cm³/mol. The normalized spacial score (nSPS) is 18.2. The number of amides is 1. The van der Waals surface area contributed by atoms with Crippen molar-refractivity contribution in [2.24, 2.45) is 0 Å². The number of ether oxygens (including phenoxy) is 2. The van der Waals surface area contributed by atoms with Gasteiger partial charge in [0, 0.05) is 17.1 Å². The fraction of sp³-hybridized carbons (Fsp3) is 0.360. The summed E-state index contributed by atoms with van der Waals surface area (Å²) >= 11 is 1.51. The van der Waals surface area contributed by atoms with Crippen molar-refractivity contribution in [1.29, 1.82) is 0 Å². The first-order chi connectivity index (χ1) is 16.1. The molecule has 1 aliphatic heterocycles. The van der Waals surface area contributed by atoms with E-state index in [1.54, 1.807) is 6.20 Å². The van der Waals surface area contributed by atoms with Crippen LogP contribution in [0, 0.1) is 0 Å². The van der Waals surface area contributed by atoms with E-state index in [9.17, 15) is 9.59 Å². The summed E-state index contributed by atoms with van der Waals surface area (Å²) in [5, 5.41) is 2.78. The average Bonchev–Trinajstić information content (AvgIpc) is 3.53. The van der Waals surface area contributed by atoms with Crippen molar-refractivity contribution in [3.8, 4) is 27.7 Å². The first-order valence-corrected chi connectivity index (χ1v) is 12.2. The molecule has 1 unspecified atom stereocenters. The molecule has 7 nitrogen and oxygen atoms in total. The Morgan fingerprint density at radius 2 is 2.06 bits per heavy atom. The second kappa shape index (κ2) is 9.31. The molecule has 0 spiro atoms. The van der Waals surface area contributed by atoms with Crippen molar-refractivity contribution in [3.05, 3.63) is 48.0 Å². The van der Waals surface area contributed by atoms with Gasteiger partial charge in [0.1, 0.15) is 23.4 Å². The number of pyridine rings is 1. The number of aromatic nitrogens is 2. The Balaban J connectivity index is 1.43. The minimum atomic E-state index is -0.613. The summed E-state index contributed by atoms with van der Waals surface area (Å²) in [7, 11) is 0. The molecule has 1 atom stereocenters. The molecular weight excluding hydrogens is 438 g/mol. The topological polar surface area (TPSA) is 81.6 Å². The number of rotatable bonds is 6. The van der Waals surface area contributed by atoms with E-state index in [-0.39, 0.29) is 24.5 Å². The van der Waals surface area contributed by atoms with Crippen LogP contribution in [-0.2, 0) is 14.3 Å².